The average Bonchev–Trinajstić information content (AvgIpc) is 2.52. The predicted molar refractivity (Wildman–Crippen MR) is 105 cm³/mol. The number of thiocarbonyl (C=S) groups is 1. The minimum absolute atomic E-state index is 0.113. The average molecular weight is 357 g/mol. The molecule has 1 aromatic rings. The summed E-state index contributed by atoms with van der Waals surface area (Å²) in [6.45, 7) is 4.30. The Hall–Kier alpha value is -1.42. The van der Waals surface area contributed by atoms with E-state index in [9.17, 15) is 4.79 Å². The van der Waals surface area contributed by atoms with Crippen LogP contribution >= 0.6 is 12.2 Å². The van der Waals surface area contributed by atoms with E-state index in [2.05, 4.69) is 24.5 Å². The van der Waals surface area contributed by atoms with Crippen molar-refractivity contribution in [2.75, 3.05) is 0 Å². The summed E-state index contributed by atoms with van der Waals surface area (Å²) in [5.41, 5.74) is 2.05. The third-order valence-electron chi connectivity index (χ3n) is 6.48. The predicted octanol–water partition coefficient (Wildman–Crippen LogP) is 4.38. The lowest BCUT2D eigenvalue weighted by Crippen LogP contribution is -2.61. The monoisotopic (exact) mass is 356 g/mol. The van der Waals surface area contributed by atoms with Crippen molar-refractivity contribution in [3.8, 4) is 0 Å². The van der Waals surface area contributed by atoms with Crippen molar-refractivity contribution in [1.29, 1.82) is 0 Å². The minimum Gasteiger partial charge on any atom is -0.357 e. The number of hydrogen-bond donors (Lipinski definition) is 2. The molecule has 0 spiro atoms. The van der Waals surface area contributed by atoms with E-state index in [1.165, 1.54) is 44.1 Å². The Morgan fingerprint density at radius 2 is 1.56 bits per heavy atom. The lowest BCUT2D eigenvalue weighted by Gasteiger charge is -2.57. The number of amides is 1. The third kappa shape index (κ3) is 3.46. The quantitative estimate of drug-likeness (QED) is 0.790. The molecule has 2 N–H and O–H groups in total. The number of benzene rings is 1. The van der Waals surface area contributed by atoms with Crippen LogP contribution in [-0.4, -0.2) is 16.6 Å². The van der Waals surface area contributed by atoms with Gasteiger partial charge in [0.15, 0.2) is 5.11 Å². The van der Waals surface area contributed by atoms with Crippen molar-refractivity contribution < 1.29 is 4.79 Å². The first-order chi connectivity index (χ1) is 11.9. The normalized spacial score (nSPS) is 32.7. The van der Waals surface area contributed by atoms with Crippen molar-refractivity contribution in [3.63, 3.8) is 0 Å². The highest BCUT2D eigenvalue weighted by molar-refractivity contribution is 7.80. The van der Waals surface area contributed by atoms with Gasteiger partial charge in [0, 0.05) is 11.1 Å². The van der Waals surface area contributed by atoms with Crippen LogP contribution in [0.3, 0.4) is 0 Å². The van der Waals surface area contributed by atoms with Gasteiger partial charge in [-0.15, -0.1) is 0 Å². The summed E-state index contributed by atoms with van der Waals surface area (Å²) in [7, 11) is 0. The van der Waals surface area contributed by atoms with Gasteiger partial charge in [0.1, 0.15) is 0 Å². The first-order valence-electron chi connectivity index (χ1n) is 9.66. The Labute approximate surface area is 156 Å². The Morgan fingerprint density at radius 3 is 2.04 bits per heavy atom. The van der Waals surface area contributed by atoms with Gasteiger partial charge in [-0.25, -0.2) is 0 Å². The largest absolute Gasteiger partial charge is 0.357 e. The fourth-order valence-corrected chi connectivity index (χ4v) is 6.04. The molecule has 4 heteroatoms. The fraction of sp³-hybridized carbons (Fsp3) is 0.619. The summed E-state index contributed by atoms with van der Waals surface area (Å²) in [5.74, 6) is 2.94. The number of hydrogen-bond acceptors (Lipinski definition) is 2. The van der Waals surface area contributed by atoms with Crippen molar-refractivity contribution in [3.05, 3.63) is 35.4 Å². The first kappa shape index (κ1) is 17.0. The van der Waals surface area contributed by atoms with Gasteiger partial charge in [-0.1, -0.05) is 26.0 Å². The molecule has 134 valence electrons. The Morgan fingerprint density at radius 1 is 1.04 bits per heavy atom. The van der Waals surface area contributed by atoms with Crippen LogP contribution < -0.4 is 10.6 Å². The summed E-state index contributed by atoms with van der Waals surface area (Å²) in [6.07, 6.45) is 7.88. The molecule has 3 nitrogen and oxygen atoms in total. The maximum absolute atomic E-state index is 12.5. The number of carbonyl (C=O) groups is 1. The SMILES string of the molecule is CC(C)c1ccc(C(=O)NC(=S)NC23CC4CC(CC(C4)C2)C3)cc1. The Bertz CT molecular complexity index is 644. The van der Waals surface area contributed by atoms with Crippen LogP contribution in [0.2, 0.25) is 0 Å². The number of carbonyl (C=O) groups excluding carboxylic acids is 1. The second-order valence-electron chi connectivity index (χ2n) is 8.88. The molecular weight excluding hydrogens is 328 g/mol. The maximum Gasteiger partial charge on any atom is 0.257 e. The highest BCUT2D eigenvalue weighted by atomic mass is 32.1. The Kier molecular flexibility index (Phi) is 4.35. The van der Waals surface area contributed by atoms with E-state index in [1.54, 1.807) is 0 Å². The van der Waals surface area contributed by atoms with Crippen molar-refractivity contribution in [2.24, 2.45) is 17.8 Å². The molecule has 4 bridgehead atoms. The standard InChI is InChI=1S/C21H28N2OS/c1-13(2)17-3-5-18(6-4-17)19(24)22-20(25)23-21-10-14-7-15(11-21)9-16(8-14)12-21/h3-6,13-16H,7-12H2,1-2H3,(H2,22,23,24,25). The van der Waals surface area contributed by atoms with Gasteiger partial charge < -0.3 is 5.32 Å². The lowest BCUT2D eigenvalue weighted by molar-refractivity contribution is -0.0101. The molecule has 4 aliphatic rings. The molecule has 1 amide bonds. The third-order valence-corrected chi connectivity index (χ3v) is 6.69. The van der Waals surface area contributed by atoms with Gasteiger partial charge in [-0.05, 0) is 92.1 Å². The van der Waals surface area contributed by atoms with Gasteiger partial charge in [-0.2, -0.15) is 0 Å². The minimum atomic E-state index is -0.113. The van der Waals surface area contributed by atoms with Crippen LogP contribution in [0.1, 0.15) is 74.2 Å². The second-order valence-corrected chi connectivity index (χ2v) is 9.29. The summed E-state index contributed by atoms with van der Waals surface area (Å²) < 4.78 is 0. The number of nitrogens with one attached hydrogen (secondary N) is 2. The molecule has 0 aromatic heterocycles. The molecule has 0 heterocycles. The second kappa shape index (κ2) is 6.39. The highest BCUT2D eigenvalue weighted by Gasteiger charge is 2.51. The smallest absolute Gasteiger partial charge is 0.257 e. The van der Waals surface area contributed by atoms with E-state index >= 15 is 0 Å². The van der Waals surface area contributed by atoms with Crippen LogP contribution in [0.15, 0.2) is 24.3 Å². The van der Waals surface area contributed by atoms with Gasteiger partial charge in [0.05, 0.1) is 0 Å². The van der Waals surface area contributed by atoms with E-state index in [1.807, 2.05) is 24.3 Å². The molecule has 0 atom stereocenters. The molecular formula is C21H28N2OS. The van der Waals surface area contributed by atoms with Crippen molar-refractivity contribution >= 4 is 23.2 Å². The van der Waals surface area contributed by atoms with Crippen molar-refractivity contribution in [2.45, 2.75) is 63.8 Å². The van der Waals surface area contributed by atoms with E-state index < -0.39 is 0 Å². The summed E-state index contributed by atoms with van der Waals surface area (Å²) in [5, 5.41) is 6.96. The van der Waals surface area contributed by atoms with Crippen LogP contribution in [0, 0.1) is 17.8 Å². The van der Waals surface area contributed by atoms with Gasteiger partial charge in [0.2, 0.25) is 0 Å². The maximum atomic E-state index is 12.5. The number of rotatable bonds is 3. The van der Waals surface area contributed by atoms with Gasteiger partial charge in [0.25, 0.3) is 5.91 Å². The highest BCUT2D eigenvalue weighted by Crippen LogP contribution is 2.55. The van der Waals surface area contributed by atoms with E-state index in [0.29, 0.717) is 16.6 Å². The zero-order valence-corrected chi connectivity index (χ0v) is 16.0. The Balaban J connectivity index is 1.38. The van der Waals surface area contributed by atoms with E-state index in [-0.39, 0.29) is 11.4 Å². The molecule has 4 aliphatic carbocycles. The zero-order chi connectivity index (χ0) is 17.6. The summed E-state index contributed by atoms with van der Waals surface area (Å²) >= 11 is 5.49. The van der Waals surface area contributed by atoms with Gasteiger partial charge in [-0.3, -0.25) is 10.1 Å². The molecule has 0 saturated heterocycles. The van der Waals surface area contributed by atoms with Gasteiger partial charge >= 0.3 is 0 Å². The summed E-state index contributed by atoms with van der Waals surface area (Å²) in [6, 6.07) is 7.82. The van der Waals surface area contributed by atoms with E-state index in [4.69, 9.17) is 12.2 Å². The lowest BCUT2D eigenvalue weighted by atomic mass is 9.53. The van der Waals surface area contributed by atoms with E-state index in [0.717, 1.165) is 17.8 Å². The molecule has 0 aliphatic heterocycles. The zero-order valence-electron chi connectivity index (χ0n) is 15.2. The topological polar surface area (TPSA) is 41.1 Å². The van der Waals surface area contributed by atoms with Crippen molar-refractivity contribution in [1.82, 2.24) is 10.6 Å². The van der Waals surface area contributed by atoms with Crippen LogP contribution in [-0.2, 0) is 0 Å². The van der Waals surface area contributed by atoms with Crippen LogP contribution in [0.4, 0.5) is 0 Å². The molecule has 0 radical (unpaired) electrons. The molecule has 25 heavy (non-hydrogen) atoms. The van der Waals surface area contributed by atoms with Crippen LogP contribution in [0.5, 0.6) is 0 Å². The summed E-state index contributed by atoms with van der Waals surface area (Å²) in [4.78, 5) is 12.5. The molecule has 4 saturated carbocycles. The molecule has 5 rings (SSSR count). The molecule has 0 unspecified atom stereocenters. The van der Waals surface area contributed by atoms with Crippen LogP contribution in [0.25, 0.3) is 0 Å². The molecule has 1 aromatic carbocycles. The molecule has 4 fully saturated rings. The fourth-order valence-electron chi connectivity index (χ4n) is 5.73. The first-order valence-corrected chi connectivity index (χ1v) is 10.1.